The molecule has 0 spiro atoms. The van der Waals surface area contributed by atoms with Crippen molar-refractivity contribution in [2.24, 2.45) is 0 Å². The van der Waals surface area contributed by atoms with Crippen LogP contribution in [0.2, 0.25) is 0 Å². The maximum Gasteiger partial charge on any atom is 0.224 e. The van der Waals surface area contributed by atoms with Gasteiger partial charge in [0.15, 0.2) is 5.82 Å². The third kappa shape index (κ3) is 5.45. The van der Waals surface area contributed by atoms with Crippen molar-refractivity contribution in [3.05, 3.63) is 5.82 Å². The molecule has 9 heteroatoms. The summed E-state index contributed by atoms with van der Waals surface area (Å²) in [6.45, 7) is 5.92. The summed E-state index contributed by atoms with van der Waals surface area (Å²) in [5, 5.41) is 11.9. The summed E-state index contributed by atoms with van der Waals surface area (Å²) in [6.07, 6.45) is 3.91. The molecule has 3 rings (SSSR count). The van der Waals surface area contributed by atoms with Crippen molar-refractivity contribution in [2.45, 2.75) is 44.9 Å². The normalized spacial score (nSPS) is 22.0. The van der Waals surface area contributed by atoms with E-state index in [9.17, 15) is 4.79 Å². The lowest BCUT2D eigenvalue weighted by molar-refractivity contribution is -0.132. The molecule has 1 aromatic heterocycles. The summed E-state index contributed by atoms with van der Waals surface area (Å²) in [5.41, 5.74) is 0. The van der Waals surface area contributed by atoms with E-state index in [0.717, 1.165) is 51.6 Å². The molecule has 1 atom stereocenters. The molecule has 140 valence electrons. The van der Waals surface area contributed by atoms with Crippen LogP contribution in [-0.2, 0) is 27.4 Å². The Bertz CT molecular complexity index is 540. The molecule has 0 aromatic carbocycles. The quantitative estimate of drug-likeness (QED) is 0.678. The standard InChI is InChI=1S/C16H28N6O3/c1-20(12-14-4-2-3-9-25-14)16(23)5-6-22-15(17-18-19-22)13-21-7-10-24-11-8-21/h14H,2-13H2,1H3/t14-/m0/s1. The second-order valence-electron chi connectivity index (χ2n) is 6.72. The van der Waals surface area contributed by atoms with Gasteiger partial charge in [-0.15, -0.1) is 5.10 Å². The van der Waals surface area contributed by atoms with Gasteiger partial charge in [-0.3, -0.25) is 9.69 Å². The molecule has 2 aliphatic heterocycles. The maximum atomic E-state index is 12.4. The molecule has 1 aromatic rings. The molecule has 9 nitrogen and oxygen atoms in total. The Labute approximate surface area is 148 Å². The number of likely N-dealkylation sites (N-methyl/N-ethyl adjacent to an activating group) is 1. The molecule has 2 fully saturated rings. The van der Waals surface area contributed by atoms with Gasteiger partial charge < -0.3 is 14.4 Å². The lowest BCUT2D eigenvalue weighted by Gasteiger charge is -2.27. The van der Waals surface area contributed by atoms with E-state index >= 15 is 0 Å². The second kappa shape index (κ2) is 9.21. The molecular formula is C16H28N6O3. The van der Waals surface area contributed by atoms with Crippen LogP contribution < -0.4 is 0 Å². The Kier molecular flexibility index (Phi) is 6.71. The van der Waals surface area contributed by atoms with Crippen molar-refractivity contribution < 1.29 is 14.3 Å². The van der Waals surface area contributed by atoms with Crippen LogP contribution >= 0.6 is 0 Å². The van der Waals surface area contributed by atoms with Crippen molar-refractivity contribution in [3.63, 3.8) is 0 Å². The Hall–Kier alpha value is -1.58. The lowest BCUT2D eigenvalue weighted by atomic mass is 10.1. The summed E-state index contributed by atoms with van der Waals surface area (Å²) in [4.78, 5) is 16.4. The number of ether oxygens (including phenoxy) is 2. The highest BCUT2D eigenvalue weighted by Crippen LogP contribution is 2.14. The molecule has 25 heavy (non-hydrogen) atoms. The van der Waals surface area contributed by atoms with Crippen molar-refractivity contribution in [1.29, 1.82) is 0 Å². The summed E-state index contributed by atoms with van der Waals surface area (Å²) < 4.78 is 12.8. The fourth-order valence-corrected chi connectivity index (χ4v) is 3.22. The number of tetrazole rings is 1. The molecule has 0 radical (unpaired) electrons. The third-order valence-corrected chi connectivity index (χ3v) is 4.79. The molecule has 0 bridgehead atoms. The van der Waals surface area contributed by atoms with Crippen molar-refractivity contribution in [2.75, 3.05) is 46.5 Å². The number of nitrogens with zero attached hydrogens (tertiary/aromatic N) is 6. The van der Waals surface area contributed by atoms with Gasteiger partial charge >= 0.3 is 0 Å². The van der Waals surface area contributed by atoms with Gasteiger partial charge in [0.05, 0.1) is 32.4 Å². The molecule has 0 aliphatic carbocycles. The fraction of sp³-hybridized carbons (Fsp3) is 0.875. The predicted molar refractivity (Wildman–Crippen MR) is 89.8 cm³/mol. The van der Waals surface area contributed by atoms with Gasteiger partial charge in [0.25, 0.3) is 0 Å². The summed E-state index contributed by atoms with van der Waals surface area (Å²) >= 11 is 0. The first kappa shape index (κ1) is 18.2. The highest BCUT2D eigenvalue weighted by atomic mass is 16.5. The number of hydrogen-bond donors (Lipinski definition) is 0. The van der Waals surface area contributed by atoms with E-state index in [0.29, 0.717) is 26.1 Å². The van der Waals surface area contributed by atoms with E-state index in [4.69, 9.17) is 9.47 Å². The van der Waals surface area contributed by atoms with Gasteiger partial charge in [-0.25, -0.2) is 4.68 Å². The van der Waals surface area contributed by atoms with Gasteiger partial charge in [-0.2, -0.15) is 0 Å². The monoisotopic (exact) mass is 352 g/mol. The highest BCUT2D eigenvalue weighted by molar-refractivity contribution is 5.75. The van der Waals surface area contributed by atoms with E-state index in [-0.39, 0.29) is 12.0 Å². The predicted octanol–water partition coefficient (Wildman–Crippen LogP) is -0.0771. The number of carbonyl (C=O) groups is 1. The maximum absolute atomic E-state index is 12.4. The Balaban J connectivity index is 1.44. The zero-order valence-corrected chi connectivity index (χ0v) is 15.0. The minimum atomic E-state index is 0.0991. The van der Waals surface area contributed by atoms with Gasteiger partial charge in [0.2, 0.25) is 5.91 Å². The van der Waals surface area contributed by atoms with Crippen LogP contribution in [0, 0.1) is 0 Å². The van der Waals surface area contributed by atoms with Crippen LogP contribution in [0.15, 0.2) is 0 Å². The van der Waals surface area contributed by atoms with E-state index in [1.807, 2.05) is 7.05 Å². The van der Waals surface area contributed by atoms with Crippen molar-refractivity contribution >= 4 is 5.91 Å². The molecular weight excluding hydrogens is 324 g/mol. The van der Waals surface area contributed by atoms with Gasteiger partial charge in [0, 0.05) is 39.7 Å². The van der Waals surface area contributed by atoms with Gasteiger partial charge in [-0.1, -0.05) is 0 Å². The Morgan fingerprint density at radius 1 is 1.28 bits per heavy atom. The van der Waals surface area contributed by atoms with E-state index in [1.165, 1.54) is 6.42 Å². The summed E-state index contributed by atoms with van der Waals surface area (Å²) in [6, 6.07) is 0. The average Bonchev–Trinajstić information content (AvgIpc) is 3.08. The summed E-state index contributed by atoms with van der Waals surface area (Å²) in [7, 11) is 1.84. The third-order valence-electron chi connectivity index (χ3n) is 4.79. The van der Waals surface area contributed by atoms with Crippen LogP contribution in [0.3, 0.4) is 0 Å². The average molecular weight is 352 g/mol. The first-order valence-electron chi connectivity index (χ1n) is 9.13. The van der Waals surface area contributed by atoms with Gasteiger partial charge in [0.1, 0.15) is 0 Å². The number of aromatic nitrogens is 4. The molecule has 2 aliphatic rings. The topological polar surface area (TPSA) is 85.6 Å². The Morgan fingerprint density at radius 3 is 2.88 bits per heavy atom. The molecule has 3 heterocycles. The Morgan fingerprint density at radius 2 is 2.12 bits per heavy atom. The number of carbonyl (C=O) groups excluding carboxylic acids is 1. The first-order valence-corrected chi connectivity index (χ1v) is 9.13. The van der Waals surface area contributed by atoms with Crippen molar-refractivity contribution in [1.82, 2.24) is 30.0 Å². The molecule has 2 saturated heterocycles. The van der Waals surface area contributed by atoms with Crippen LogP contribution in [-0.4, -0.2) is 88.5 Å². The largest absolute Gasteiger partial charge is 0.379 e. The molecule has 0 unspecified atom stereocenters. The lowest BCUT2D eigenvalue weighted by Crippen LogP contribution is -2.38. The van der Waals surface area contributed by atoms with Crippen LogP contribution in [0.5, 0.6) is 0 Å². The van der Waals surface area contributed by atoms with E-state index in [1.54, 1.807) is 9.58 Å². The number of hydrogen-bond acceptors (Lipinski definition) is 7. The van der Waals surface area contributed by atoms with Crippen molar-refractivity contribution in [3.8, 4) is 0 Å². The van der Waals surface area contributed by atoms with E-state index < -0.39 is 0 Å². The number of rotatable bonds is 7. The minimum Gasteiger partial charge on any atom is -0.379 e. The van der Waals surface area contributed by atoms with E-state index in [2.05, 4.69) is 20.4 Å². The van der Waals surface area contributed by atoms with Crippen LogP contribution in [0.1, 0.15) is 31.5 Å². The molecule has 1 amide bonds. The zero-order chi connectivity index (χ0) is 17.5. The second-order valence-corrected chi connectivity index (χ2v) is 6.72. The number of morpholine rings is 1. The summed E-state index contributed by atoms with van der Waals surface area (Å²) in [5.74, 6) is 0.898. The zero-order valence-electron chi connectivity index (χ0n) is 15.0. The molecule has 0 N–H and O–H groups in total. The van der Waals surface area contributed by atoms with Gasteiger partial charge in [-0.05, 0) is 29.7 Å². The first-order chi connectivity index (χ1) is 12.2. The smallest absolute Gasteiger partial charge is 0.224 e. The number of aryl methyl sites for hydroxylation is 1. The fourth-order valence-electron chi connectivity index (χ4n) is 3.22. The molecule has 0 saturated carbocycles. The highest BCUT2D eigenvalue weighted by Gasteiger charge is 2.20. The SMILES string of the molecule is CN(C[C@@H]1CCCCO1)C(=O)CCn1nnnc1CN1CCOCC1. The van der Waals surface area contributed by atoms with Crippen LogP contribution in [0.25, 0.3) is 0 Å². The minimum absolute atomic E-state index is 0.0991. The number of amides is 1. The van der Waals surface area contributed by atoms with Crippen LogP contribution in [0.4, 0.5) is 0 Å².